The second kappa shape index (κ2) is 5.74. The molecular weight excluding hydrogens is 341 g/mol. The van der Waals surface area contributed by atoms with Crippen molar-refractivity contribution in [2.75, 3.05) is 0 Å². The number of carbonyl (C=O) groups excluding carboxylic acids is 1. The van der Waals surface area contributed by atoms with Gasteiger partial charge in [0.05, 0.1) is 12.1 Å². The lowest BCUT2D eigenvalue weighted by Gasteiger charge is -2.14. The van der Waals surface area contributed by atoms with Crippen LogP contribution in [0.2, 0.25) is 0 Å². The van der Waals surface area contributed by atoms with Crippen molar-refractivity contribution in [2.45, 2.75) is 32.6 Å². The molecule has 0 unspecified atom stereocenters. The molecular formula is C15H15BrFNOS. The van der Waals surface area contributed by atoms with Gasteiger partial charge >= 0.3 is 0 Å². The zero-order chi connectivity index (χ0) is 14.9. The van der Waals surface area contributed by atoms with Gasteiger partial charge in [0.1, 0.15) is 10.8 Å². The molecule has 1 heterocycles. The van der Waals surface area contributed by atoms with E-state index in [0.717, 1.165) is 10.7 Å². The van der Waals surface area contributed by atoms with E-state index in [1.54, 1.807) is 0 Å². The smallest absolute Gasteiger partial charge is 0.170 e. The lowest BCUT2D eigenvalue weighted by atomic mass is 9.93. The molecule has 0 aliphatic heterocycles. The summed E-state index contributed by atoms with van der Waals surface area (Å²) in [4.78, 5) is 16.7. The SMILES string of the molecule is CC(C)(C)c1csc(CC(=O)c2ccc(F)cc2Br)n1. The molecule has 20 heavy (non-hydrogen) atoms. The van der Waals surface area contributed by atoms with E-state index in [0.29, 0.717) is 10.0 Å². The first-order chi connectivity index (χ1) is 9.27. The van der Waals surface area contributed by atoms with Crippen molar-refractivity contribution in [1.29, 1.82) is 0 Å². The maximum atomic E-state index is 13.0. The molecule has 2 aromatic rings. The molecule has 0 bridgehead atoms. The Hall–Kier alpha value is -1.07. The molecule has 0 atom stereocenters. The van der Waals surface area contributed by atoms with E-state index in [4.69, 9.17) is 0 Å². The molecule has 0 aliphatic rings. The molecule has 0 saturated heterocycles. The Balaban J connectivity index is 2.17. The largest absolute Gasteiger partial charge is 0.294 e. The number of Topliss-reactive ketones (excluding diaryl/α,β-unsaturated/α-hetero) is 1. The van der Waals surface area contributed by atoms with Crippen LogP contribution in [0.1, 0.15) is 41.8 Å². The normalized spacial score (nSPS) is 11.7. The molecule has 0 aliphatic carbocycles. The first kappa shape index (κ1) is 15.3. The van der Waals surface area contributed by atoms with Crippen LogP contribution < -0.4 is 0 Å². The number of nitrogens with zero attached hydrogens (tertiary/aromatic N) is 1. The standard InChI is InChI=1S/C15H15BrFNOS/c1-15(2,3)13-8-20-14(18-13)7-12(19)10-5-4-9(17)6-11(10)16/h4-6,8H,7H2,1-3H3. The zero-order valence-corrected chi connectivity index (χ0v) is 13.9. The van der Waals surface area contributed by atoms with Gasteiger partial charge in [-0.25, -0.2) is 9.37 Å². The van der Waals surface area contributed by atoms with Crippen molar-refractivity contribution in [1.82, 2.24) is 4.98 Å². The summed E-state index contributed by atoms with van der Waals surface area (Å²) in [5.41, 5.74) is 1.45. The summed E-state index contributed by atoms with van der Waals surface area (Å²) >= 11 is 4.71. The molecule has 5 heteroatoms. The molecule has 106 valence electrons. The third-order valence-electron chi connectivity index (χ3n) is 2.86. The molecule has 0 fully saturated rings. The monoisotopic (exact) mass is 355 g/mol. The highest BCUT2D eigenvalue weighted by Crippen LogP contribution is 2.25. The number of hydrogen-bond acceptors (Lipinski definition) is 3. The van der Waals surface area contributed by atoms with E-state index >= 15 is 0 Å². The molecule has 2 rings (SSSR count). The van der Waals surface area contributed by atoms with Gasteiger partial charge < -0.3 is 0 Å². The third-order valence-corrected chi connectivity index (χ3v) is 4.37. The molecule has 0 amide bonds. The third kappa shape index (κ3) is 3.52. The van der Waals surface area contributed by atoms with Crippen LogP contribution >= 0.6 is 27.3 Å². The van der Waals surface area contributed by atoms with Crippen LogP contribution in [0.3, 0.4) is 0 Å². The van der Waals surface area contributed by atoms with E-state index in [1.165, 1.54) is 29.5 Å². The predicted molar refractivity (Wildman–Crippen MR) is 82.9 cm³/mol. The minimum Gasteiger partial charge on any atom is -0.294 e. The Labute approximate surface area is 130 Å². The second-order valence-electron chi connectivity index (χ2n) is 5.60. The number of hydrogen-bond donors (Lipinski definition) is 0. The summed E-state index contributed by atoms with van der Waals surface area (Å²) < 4.78 is 13.5. The molecule has 0 saturated carbocycles. The molecule has 1 aromatic carbocycles. The molecule has 0 N–H and O–H groups in total. The Kier molecular flexibility index (Phi) is 4.39. The van der Waals surface area contributed by atoms with Gasteiger partial charge in [-0.05, 0) is 34.1 Å². The summed E-state index contributed by atoms with van der Waals surface area (Å²) in [5, 5.41) is 2.78. The van der Waals surface area contributed by atoms with Crippen LogP contribution in [0, 0.1) is 5.82 Å². The fraction of sp³-hybridized carbons (Fsp3) is 0.333. The molecule has 0 spiro atoms. The Morgan fingerprint density at radius 2 is 2.10 bits per heavy atom. The van der Waals surface area contributed by atoms with E-state index in [9.17, 15) is 9.18 Å². The Morgan fingerprint density at radius 1 is 1.40 bits per heavy atom. The molecule has 0 radical (unpaired) electrons. The number of rotatable bonds is 3. The second-order valence-corrected chi connectivity index (χ2v) is 7.40. The fourth-order valence-electron chi connectivity index (χ4n) is 1.68. The first-order valence-electron chi connectivity index (χ1n) is 6.20. The summed E-state index contributed by atoms with van der Waals surface area (Å²) in [6.07, 6.45) is 0.241. The van der Waals surface area contributed by atoms with Crippen molar-refractivity contribution >= 4 is 33.0 Å². The van der Waals surface area contributed by atoms with Crippen LogP contribution in [0.25, 0.3) is 0 Å². The minimum atomic E-state index is -0.363. The van der Waals surface area contributed by atoms with Crippen LogP contribution in [-0.4, -0.2) is 10.8 Å². The van der Waals surface area contributed by atoms with Crippen LogP contribution in [0.4, 0.5) is 4.39 Å². The quantitative estimate of drug-likeness (QED) is 0.742. The molecule has 1 aromatic heterocycles. The highest BCUT2D eigenvalue weighted by atomic mass is 79.9. The minimum absolute atomic E-state index is 0.0196. The fourth-order valence-corrected chi connectivity index (χ4v) is 3.28. The number of ketones is 1. The Bertz CT molecular complexity index is 646. The summed E-state index contributed by atoms with van der Waals surface area (Å²) in [6.45, 7) is 6.26. The topological polar surface area (TPSA) is 30.0 Å². The van der Waals surface area contributed by atoms with Crippen molar-refractivity contribution in [2.24, 2.45) is 0 Å². The van der Waals surface area contributed by atoms with Crippen molar-refractivity contribution < 1.29 is 9.18 Å². The average Bonchev–Trinajstić information content (AvgIpc) is 2.76. The summed E-state index contributed by atoms with van der Waals surface area (Å²) in [6, 6.07) is 4.09. The highest BCUT2D eigenvalue weighted by molar-refractivity contribution is 9.10. The number of benzene rings is 1. The summed E-state index contributed by atoms with van der Waals surface area (Å²) in [7, 11) is 0. The highest BCUT2D eigenvalue weighted by Gasteiger charge is 2.19. The van der Waals surface area contributed by atoms with E-state index in [1.807, 2.05) is 5.38 Å². The van der Waals surface area contributed by atoms with Gasteiger partial charge in [0.15, 0.2) is 5.78 Å². The van der Waals surface area contributed by atoms with Gasteiger partial charge in [-0.2, -0.15) is 0 Å². The van der Waals surface area contributed by atoms with Crippen LogP contribution in [0.15, 0.2) is 28.1 Å². The lowest BCUT2D eigenvalue weighted by Crippen LogP contribution is -2.12. The van der Waals surface area contributed by atoms with Crippen molar-refractivity contribution in [3.63, 3.8) is 0 Å². The van der Waals surface area contributed by atoms with E-state index in [2.05, 4.69) is 41.7 Å². The number of aromatic nitrogens is 1. The van der Waals surface area contributed by atoms with Gasteiger partial charge in [0.2, 0.25) is 0 Å². The predicted octanol–water partition coefficient (Wildman–Crippen LogP) is 4.77. The maximum absolute atomic E-state index is 13.0. The summed E-state index contributed by atoms with van der Waals surface area (Å²) in [5.74, 6) is -0.427. The van der Waals surface area contributed by atoms with E-state index in [-0.39, 0.29) is 23.4 Å². The van der Waals surface area contributed by atoms with Crippen LogP contribution in [-0.2, 0) is 11.8 Å². The first-order valence-corrected chi connectivity index (χ1v) is 7.88. The lowest BCUT2D eigenvalue weighted by molar-refractivity contribution is 0.0992. The van der Waals surface area contributed by atoms with Crippen LogP contribution in [0.5, 0.6) is 0 Å². The van der Waals surface area contributed by atoms with Crippen molar-refractivity contribution in [3.8, 4) is 0 Å². The van der Waals surface area contributed by atoms with Gasteiger partial charge in [-0.3, -0.25) is 4.79 Å². The van der Waals surface area contributed by atoms with Gasteiger partial charge in [-0.1, -0.05) is 20.8 Å². The van der Waals surface area contributed by atoms with Gasteiger partial charge in [-0.15, -0.1) is 11.3 Å². The molecule has 2 nitrogen and oxygen atoms in total. The number of carbonyl (C=O) groups is 1. The maximum Gasteiger partial charge on any atom is 0.170 e. The van der Waals surface area contributed by atoms with E-state index < -0.39 is 0 Å². The average molecular weight is 356 g/mol. The number of thiazole rings is 1. The number of halogens is 2. The Morgan fingerprint density at radius 3 is 2.65 bits per heavy atom. The van der Waals surface area contributed by atoms with Gasteiger partial charge in [0.25, 0.3) is 0 Å². The van der Waals surface area contributed by atoms with Crippen molar-refractivity contribution in [3.05, 3.63) is 50.1 Å². The zero-order valence-electron chi connectivity index (χ0n) is 11.5. The van der Waals surface area contributed by atoms with Gasteiger partial charge in [0, 0.05) is 20.8 Å².